The van der Waals surface area contributed by atoms with Gasteiger partial charge in [0.15, 0.2) is 0 Å². The fraction of sp³-hybridized carbons (Fsp3) is 0.545. The Balaban J connectivity index is 2.20. The van der Waals surface area contributed by atoms with Gasteiger partial charge in [0, 0.05) is 25.8 Å². The number of rotatable bonds is 3. The van der Waals surface area contributed by atoms with E-state index < -0.39 is 4.92 Å². The van der Waals surface area contributed by atoms with Crippen molar-refractivity contribution < 1.29 is 10.0 Å². The van der Waals surface area contributed by atoms with E-state index in [9.17, 15) is 15.2 Å². The van der Waals surface area contributed by atoms with Crippen molar-refractivity contribution in [3.05, 3.63) is 26.9 Å². The van der Waals surface area contributed by atoms with Crippen LogP contribution in [0.1, 0.15) is 12.8 Å². The van der Waals surface area contributed by atoms with Crippen molar-refractivity contribution in [3.63, 3.8) is 0 Å². The third kappa shape index (κ3) is 2.78. The largest absolute Gasteiger partial charge is 0.396 e. The van der Waals surface area contributed by atoms with E-state index in [4.69, 9.17) is 0 Å². The van der Waals surface area contributed by atoms with Crippen LogP contribution in [0.3, 0.4) is 0 Å². The molecule has 18 heavy (non-hydrogen) atoms. The van der Waals surface area contributed by atoms with Gasteiger partial charge in [0.2, 0.25) is 0 Å². The fourth-order valence-corrected chi connectivity index (χ4v) is 2.75. The molecular formula is C11H14BrN3O3. The standard InChI is InChI=1S/C11H14BrN3O3/c12-10-4-9(15(17)18)5-13-11(10)14-3-1-2-8(6-14)7-16/h4-5,8,16H,1-3,6-7H2. The number of hydrogen-bond donors (Lipinski definition) is 1. The lowest BCUT2D eigenvalue weighted by Crippen LogP contribution is -2.37. The molecule has 0 amide bonds. The van der Waals surface area contributed by atoms with Gasteiger partial charge in [-0.1, -0.05) is 0 Å². The van der Waals surface area contributed by atoms with Gasteiger partial charge in [0.1, 0.15) is 12.0 Å². The summed E-state index contributed by atoms with van der Waals surface area (Å²) in [6.45, 7) is 1.76. The van der Waals surface area contributed by atoms with E-state index in [0.717, 1.165) is 25.9 Å². The zero-order chi connectivity index (χ0) is 13.1. The van der Waals surface area contributed by atoms with Crippen LogP contribution in [-0.4, -0.2) is 34.7 Å². The lowest BCUT2D eigenvalue weighted by atomic mass is 9.99. The third-order valence-electron chi connectivity index (χ3n) is 3.09. The Bertz CT molecular complexity index is 455. The maximum atomic E-state index is 10.6. The predicted molar refractivity (Wildman–Crippen MR) is 70.6 cm³/mol. The minimum atomic E-state index is -0.464. The monoisotopic (exact) mass is 315 g/mol. The molecule has 0 aliphatic carbocycles. The lowest BCUT2D eigenvalue weighted by Gasteiger charge is -2.33. The van der Waals surface area contributed by atoms with Gasteiger partial charge in [-0.2, -0.15) is 0 Å². The molecular weight excluding hydrogens is 302 g/mol. The first kappa shape index (κ1) is 13.2. The molecule has 1 aliphatic rings. The number of nitro groups is 1. The normalized spacial score (nSPS) is 19.9. The van der Waals surface area contributed by atoms with Crippen molar-refractivity contribution in [2.24, 2.45) is 5.92 Å². The lowest BCUT2D eigenvalue weighted by molar-refractivity contribution is -0.385. The molecule has 1 atom stereocenters. The van der Waals surface area contributed by atoms with Crippen LogP contribution in [0.5, 0.6) is 0 Å². The number of aromatic nitrogens is 1. The Kier molecular flexibility index (Phi) is 4.13. The van der Waals surface area contributed by atoms with Crippen LogP contribution in [0.2, 0.25) is 0 Å². The van der Waals surface area contributed by atoms with E-state index >= 15 is 0 Å². The quantitative estimate of drug-likeness (QED) is 0.681. The summed E-state index contributed by atoms with van der Waals surface area (Å²) in [5, 5.41) is 19.8. The summed E-state index contributed by atoms with van der Waals surface area (Å²) in [6, 6.07) is 1.46. The highest BCUT2D eigenvalue weighted by Gasteiger charge is 2.22. The first-order chi connectivity index (χ1) is 8.61. The summed E-state index contributed by atoms with van der Waals surface area (Å²) in [4.78, 5) is 16.4. The fourth-order valence-electron chi connectivity index (χ4n) is 2.16. The zero-order valence-corrected chi connectivity index (χ0v) is 11.3. The van der Waals surface area contributed by atoms with Crippen LogP contribution < -0.4 is 4.90 Å². The molecule has 1 aromatic rings. The van der Waals surface area contributed by atoms with Gasteiger partial charge < -0.3 is 10.0 Å². The Morgan fingerprint density at radius 3 is 3.06 bits per heavy atom. The molecule has 0 radical (unpaired) electrons. The second kappa shape index (κ2) is 5.62. The van der Waals surface area contributed by atoms with E-state index in [0.29, 0.717) is 10.3 Å². The average Bonchev–Trinajstić information content (AvgIpc) is 2.38. The molecule has 0 aromatic carbocycles. The summed E-state index contributed by atoms with van der Waals surface area (Å²) in [6.07, 6.45) is 3.27. The molecule has 1 unspecified atom stereocenters. The first-order valence-corrected chi connectivity index (χ1v) is 6.57. The van der Waals surface area contributed by atoms with E-state index in [1.807, 2.05) is 0 Å². The van der Waals surface area contributed by atoms with Crippen molar-refractivity contribution in [1.29, 1.82) is 0 Å². The van der Waals surface area contributed by atoms with Gasteiger partial charge in [-0.05, 0) is 34.7 Å². The van der Waals surface area contributed by atoms with Crippen molar-refractivity contribution in [2.75, 3.05) is 24.6 Å². The second-order valence-electron chi connectivity index (χ2n) is 4.39. The number of hydrogen-bond acceptors (Lipinski definition) is 5. The Morgan fingerprint density at radius 2 is 2.44 bits per heavy atom. The van der Waals surface area contributed by atoms with Crippen LogP contribution in [0.4, 0.5) is 11.5 Å². The summed E-state index contributed by atoms with van der Waals surface area (Å²) in [5.41, 5.74) is -0.0265. The van der Waals surface area contributed by atoms with Gasteiger partial charge in [-0.15, -0.1) is 0 Å². The number of piperidine rings is 1. The highest BCUT2D eigenvalue weighted by atomic mass is 79.9. The van der Waals surface area contributed by atoms with Crippen LogP contribution in [0.15, 0.2) is 16.7 Å². The Labute approximate surface area is 113 Å². The van der Waals surface area contributed by atoms with Crippen molar-refractivity contribution in [2.45, 2.75) is 12.8 Å². The summed E-state index contributed by atoms with van der Waals surface area (Å²) in [5.74, 6) is 0.960. The van der Waals surface area contributed by atoms with Crippen molar-refractivity contribution in [1.82, 2.24) is 4.98 Å². The molecule has 1 aliphatic heterocycles. The highest BCUT2D eigenvalue weighted by Crippen LogP contribution is 2.30. The number of halogens is 1. The summed E-state index contributed by atoms with van der Waals surface area (Å²) in [7, 11) is 0. The minimum absolute atomic E-state index is 0.0265. The molecule has 6 nitrogen and oxygen atoms in total. The third-order valence-corrected chi connectivity index (χ3v) is 3.68. The van der Waals surface area contributed by atoms with Gasteiger partial charge in [0.25, 0.3) is 5.69 Å². The van der Waals surface area contributed by atoms with Crippen molar-refractivity contribution >= 4 is 27.4 Å². The first-order valence-electron chi connectivity index (χ1n) is 5.77. The van der Waals surface area contributed by atoms with E-state index in [1.54, 1.807) is 0 Å². The topological polar surface area (TPSA) is 79.5 Å². The Hall–Kier alpha value is -1.21. The molecule has 0 bridgehead atoms. The molecule has 1 aromatic heterocycles. The molecule has 1 N–H and O–H groups in total. The zero-order valence-electron chi connectivity index (χ0n) is 9.75. The maximum absolute atomic E-state index is 10.6. The molecule has 2 rings (SSSR count). The Morgan fingerprint density at radius 1 is 1.67 bits per heavy atom. The van der Waals surface area contributed by atoms with Crippen molar-refractivity contribution in [3.8, 4) is 0 Å². The predicted octanol–water partition coefficient (Wildman–Crippen LogP) is 1.96. The van der Waals surface area contributed by atoms with Gasteiger partial charge in [-0.3, -0.25) is 10.1 Å². The molecule has 1 fully saturated rings. The second-order valence-corrected chi connectivity index (χ2v) is 5.25. The molecule has 98 valence electrons. The van der Waals surface area contributed by atoms with Crippen LogP contribution in [0, 0.1) is 16.0 Å². The number of aliphatic hydroxyl groups is 1. The molecule has 7 heteroatoms. The average molecular weight is 316 g/mol. The van der Waals surface area contributed by atoms with Gasteiger partial charge in [-0.25, -0.2) is 4.98 Å². The van der Waals surface area contributed by atoms with Crippen LogP contribution >= 0.6 is 15.9 Å². The maximum Gasteiger partial charge on any atom is 0.288 e. The number of nitrogens with zero attached hydrogens (tertiary/aromatic N) is 3. The molecule has 1 saturated heterocycles. The highest BCUT2D eigenvalue weighted by molar-refractivity contribution is 9.10. The smallest absolute Gasteiger partial charge is 0.288 e. The number of anilines is 1. The van der Waals surface area contributed by atoms with Crippen LogP contribution in [0.25, 0.3) is 0 Å². The molecule has 2 heterocycles. The number of aliphatic hydroxyl groups excluding tert-OH is 1. The number of pyridine rings is 1. The van der Waals surface area contributed by atoms with Crippen LogP contribution in [-0.2, 0) is 0 Å². The minimum Gasteiger partial charge on any atom is -0.396 e. The summed E-state index contributed by atoms with van der Waals surface area (Å²) >= 11 is 3.32. The van der Waals surface area contributed by atoms with E-state index in [2.05, 4.69) is 25.8 Å². The SMILES string of the molecule is O=[N+]([O-])c1cnc(N2CCCC(CO)C2)c(Br)c1. The summed E-state index contributed by atoms with van der Waals surface area (Å²) < 4.78 is 0.621. The molecule has 0 spiro atoms. The van der Waals surface area contributed by atoms with E-state index in [1.165, 1.54) is 12.3 Å². The molecule has 0 saturated carbocycles. The van der Waals surface area contributed by atoms with Gasteiger partial charge in [0.05, 0.1) is 9.40 Å². The van der Waals surface area contributed by atoms with E-state index in [-0.39, 0.29) is 18.2 Å². The van der Waals surface area contributed by atoms with Gasteiger partial charge >= 0.3 is 0 Å².